The number of urea groups is 1. The lowest BCUT2D eigenvalue weighted by Crippen LogP contribution is -2.39. The molecule has 6 nitrogen and oxygen atoms in total. The molecule has 0 bridgehead atoms. The molecule has 0 aromatic heterocycles. The molecule has 1 aromatic rings. The number of phenols is 1. The van der Waals surface area contributed by atoms with Crippen LogP contribution in [0.4, 0.5) is 10.5 Å². The fourth-order valence-corrected chi connectivity index (χ4v) is 1.59. The Bertz CT molecular complexity index is 491. The number of rotatable bonds is 2. The van der Waals surface area contributed by atoms with Gasteiger partial charge in [0.25, 0.3) is 0 Å². The molecule has 0 aliphatic carbocycles. The average molecular weight is 291 g/mol. The van der Waals surface area contributed by atoms with Crippen LogP contribution in [0.25, 0.3) is 0 Å². The highest BCUT2D eigenvalue weighted by Crippen LogP contribution is 2.36. The van der Waals surface area contributed by atoms with Gasteiger partial charge in [-0.2, -0.15) is 0 Å². The monoisotopic (exact) mass is 290 g/mol. The molecule has 0 spiro atoms. The molecule has 18 heavy (non-hydrogen) atoms. The SMILES string of the molecule is CCN=C(N)NC(=O)Nc1c(Cl)ccc(O)c1Cl. The Hall–Kier alpha value is -1.66. The van der Waals surface area contributed by atoms with E-state index in [0.717, 1.165) is 0 Å². The Kier molecular flexibility index (Phi) is 5.06. The number of carbonyl (C=O) groups excluding carboxylic acids is 1. The predicted molar refractivity (Wildman–Crippen MR) is 72.4 cm³/mol. The van der Waals surface area contributed by atoms with Gasteiger partial charge in [-0.25, -0.2) is 4.79 Å². The summed E-state index contributed by atoms with van der Waals surface area (Å²) in [5, 5.41) is 14.2. The van der Waals surface area contributed by atoms with Crippen molar-refractivity contribution in [1.29, 1.82) is 0 Å². The van der Waals surface area contributed by atoms with Gasteiger partial charge in [-0.3, -0.25) is 10.3 Å². The van der Waals surface area contributed by atoms with Crippen molar-refractivity contribution in [1.82, 2.24) is 5.32 Å². The first-order valence-corrected chi connectivity index (χ1v) is 5.76. The summed E-state index contributed by atoms with van der Waals surface area (Å²) in [4.78, 5) is 15.3. The van der Waals surface area contributed by atoms with Gasteiger partial charge in [0.2, 0.25) is 0 Å². The topological polar surface area (TPSA) is 99.7 Å². The van der Waals surface area contributed by atoms with Gasteiger partial charge in [-0.1, -0.05) is 23.2 Å². The minimum Gasteiger partial charge on any atom is -0.506 e. The van der Waals surface area contributed by atoms with Crippen LogP contribution in [0.5, 0.6) is 5.75 Å². The molecular weight excluding hydrogens is 279 g/mol. The molecule has 0 saturated heterocycles. The molecule has 2 amide bonds. The van der Waals surface area contributed by atoms with E-state index in [-0.39, 0.29) is 27.4 Å². The van der Waals surface area contributed by atoms with Crippen LogP contribution in [0.2, 0.25) is 10.0 Å². The number of guanidine groups is 1. The van der Waals surface area contributed by atoms with Crippen LogP contribution in [0, 0.1) is 0 Å². The number of anilines is 1. The summed E-state index contributed by atoms with van der Waals surface area (Å²) in [6, 6.07) is 2.07. The second-order valence-corrected chi connectivity index (χ2v) is 3.98. The molecule has 0 heterocycles. The van der Waals surface area contributed by atoms with Crippen molar-refractivity contribution in [2.24, 2.45) is 10.7 Å². The van der Waals surface area contributed by atoms with Crippen LogP contribution >= 0.6 is 23.2 Å². The van der Waals surface area contributed by atoms with Crippen molar-refractivity contribution in [3.05, 3.63) is 22.2 Å². The maximum Gasteiger partial charge on any atom is 0.326 e. The number of nitrogens with one attached hydrogen (secondary N) is 2. The van der Waals surface area contributed by atoms with E-state index in [1.807, 2.05) is 0 Å². The van der Waals surface area contributed by atoms with E-state index in [1.54, 1.807) is 6.92 Å². The zero-order chi connectivity index (χ0) is 13.7. The van der Waals surface area contributed by atoms with Crippen molar-refractivity contribution in [2.75, 3.05) is 11.9 Å². The Morgan fingerprint density at radius 2 is 2.17 bits per heavy atom. The van der Waals surface area contributed by atoms with Crippen LogP contribution in [0.3, 0.4) is 0 Å². The first-order valence-electron chi connectivity index (χ1n) is 5.00. The number of carbonyl (C=O) groups is 1. The van der Waals surface area contributed by atoms with Crippen LogP contribution in [0.1, 0.15) is 6.92 Å². The van der Waals surface area contributed by atoms with E-state index in [2.05, 4.69) is 15.6 Å². The summed E-state index contributed by atoms with van der Waals surface area (Å²) in [7, 11) is 0. The summed E-state index contributed by atoms with van der Waals surface area (Å²) < 4.78 is 0. The smallest absolute Gasteiger partial charge is 0.326 e. The van der Waals surface area contributed by atoms with E-state index < -0.39 is 6.03 Å². The third kappa shape index (κ3) is 3.68. The summed E-state index contributed by atoms with van der Waals surface area (Å²) in [5.41, 5.74) is 5.50. The molecule has 1 rings (SSSR count). The lowest BCUT2D eigenvalue weighted by Gasteiger charge is -2.10. The number of phenolic OH excluding ortho intramolecular Hbond substituents is 1. The second kappa shape index (κ2) is 6.32. The number of hydrogen-bond donors (Lipinski definition) is 4. The number of nitrogens with two attached hydrogens (primary N) is 1. The Balaban J connectivity index is 2.83. The normalized spacial score (nSPS) is 11.2. The highest BCUT2D eigenvalue weighted by Gasteiger charge is 2.13. The average Bonchev–Trinajstić information content (AvgIpc) is 2.30. The summed E-state index contributed by atoms with van der Waals surface area (Å²) >= 11 is 11.6. The zero-order valence-electron chi connectivity index (χ0n) is 9.50. The molecule has 0 aliphatic rings. The van der Waals surface area contributed by atoms with Gasteiger partial charge in [0.15, 0.2) is 5.96 Å². The van der Waals surface area contributed by atoms with E-state index in [1.165, 1.54) is 12.1 Å². The maximum absolute atomic E-state index is 11.5. The molecule has 0 aliphatic heterocycles. The number of halogens is 2. The molecule has 98 valence electrons. The van der Waals surface area contributed by atoms with E-state index >= 15 is 0 Å². The van der Waals surface area contributed by atoms with Gasteiger partial charge in [0, 0.05) is 6.54 Å². The number of hydrogen-bond acceptors (Lipinski definition) is 3. The molecular formula is C10H12Cl2N4O2. The first kappa shape index (κ1) is 14.4. The van der Waals surface area contributed by atoms with Crippen molar-refractivity contribution < 1.29 is 9.90 Å². The highest BCUT2D eigenvalue weighted by atomic mass is 35.5. The third-order valence-corrected chi connectivity index (χ3v) is 2.58. The number of aliphatic imine (C=N–C) groups is 1. The molecule has 5 N–H and O–H groups in total. The number of benzene rings is 1. The van der Waals surface area contributed by atoms with Crippen LogP contribution in [-0.4, -0.2) is 23.6 Å². The number of nitrogens with zero attached hydrogens (tertiary/aromatic N) is 1. The standard InChI is InChI=1S/C10H12Cl2N4O2/c1-2-14-9(13)16-10(18)15-8-5(11)3-4-6(17)7(8)12/h3-4,17H,2H2,1H3,(H4,13,14,15,16,18). The Morgan fingerprint density at radius 3 is 2.78 bits per heavy atom. The van der Waals surface area contributed by atoms with Crippen LogP contribution < -0.4 is 16.4 Å². The highest BCUT2D eigenvalue weighted by molar-refractivity contribution is 6.40. The van der Waals surface area contributed by atoms with Gasteiger partial charge in [0.1, 0.15) is 10.8 Å². The zero-order valence-corrected chi connectivity index (χ0v) is 11.0. The first-order chi connectivity index (χ1) is 8.45. The Morgan fingerprint density at radius 1 is 1.50 bits per heavy atom. The fourth-order valence-electron chi connectivity index (χ4n) is 1.13. The Labute approximate surface area is 114 Å². The van der Waals surface area contributed by atoms with Crippen molar-refractivity contribution >= 4 is 40.9 Å². The maximum atomic E-state index is 11.5. The third-order valence-electron chi connectivity index (χ3n) is 1.88. The van der Waals surface area contributed by atoms with Crippen LogP contribution in [-0.2, 0) is 0 Å². The lowest BCUT2D eigenvalue weighted by molar-refractivity contribution is 0.256. The van der Waals surface area contributed by atoms with E-state index in [4.69, 9.17) is 28.9 Å². The molecule has 0 unspecified atom stereocenters. The van der Waals surface area contributed by atoms with Gasteiger partial charge in [0.05, 0.1) is 10.7 Å². The van der Waals surface area contributed by atoms with Gasteiger partial charge >= 0.3 is 6.03 Å². The van der Waals surface area contributed by atoms with E-state index in [0.29, 0.717) is 6.54 Å². The summed E-state index contributed by atoms with van der Waals surface area (Å²) in [6.45, 7) is 2.22. The summed E-state index contributed by atoms with van der Waals surface area (Å²) in [6.07, 6.45) is 0. The lowest BCUT2D eigenvalue weighted by atomic mass is 10.3. The van der Waals surface area contributed by atoms with Gasteiger partial charge in [-0.15, -0.1) is 0 Å². The molecule has 8 heteroatoms. The van der Waals surface area contributed by atoms with Gasteiger partial charge < -0.3 is 16.2 Å². The molecule has 1 aromatic carbocycles. The molecule has 0 fully saturated rings. The van der Waals surface area contributed by atoms with Gasteiger partial charge in [-0.05, 0) is 19.1 Å². The minimum atomic E-state index is -0.654. The second-order valence-electron chi connectivity index (χ2n) is 3.19. The molecule has 0 atom stereocenters. The van der Waals surface area contributed by atoms with E-state index in [9.17, 15) is 9.90 Å². The predicted octanol–water partition coefficient (Wildman–Crippen LogP) is 2.16. The fraction of sp³-hybridized carbons (Fsp3) is 0.200. The summed E-state index contributed by atoms with van der Waals surface area (Å²) in [5.74, 6) is -0.214. The van der Waals surface area contributed by atoms with Crippen LogP contribution in [0.15, 0.2) is 17.1 Å². The number of aromatic hydroxyl groups is 1. The van der Waals surface area contributed by atoms with Crippen molar-refractivity contribution in [2.45, 2.75) is 6.92 Å². The van der Waals surface area contributed by atoms with Crippen molar-refractivity contribution in [3.8, 4) is 5.75 Å². The molecule has 0 saturated carbocycles. The molecule has 0 radical (unpaired) electrons. The number of amides is 2. The largest absolute Gasteiger partial charge is 0.506 e. The quantitative estimate of drug-likeness (QED) is 0.496. The minimum absolute atomic E-state index is 0.0256. The van der Waals surface area contributed by atoms with Crippen molar-refractivity contribution in [3.63, 3.8) is 0 Å².